The third-order valence-electron chi connectivity index (χ3n) is 12.4. The lowest BCUT2D eigenvalue weighted by Crippen LogP contribution is -2.58. The lowest BCUT2D eigenvalue weighted by atomic mass is 9.90. The van der Waals surface area contributed by atoms with Gasteiger partial charge in [-0.15, -0.1) is 0 Å². The number of nitrogens with one attached hydrogen (secondary N) is 6. The van der Waals surface area contributed by atoms with E-state index in [9.17, 15) is 48.9 Å². The minimum atomic E-state index is -1.54. The Bertz CT molecular complexity index is 2390. The number of hydrogen-bond donors (Lipinski definition) is 11. The second-order valence-electron chi connectivity index (χ2n) is 18.1. The second-order valence-corrected chi connectivity index (χ2v) is 20.6. The van der Waals surface area contributed by atoms with Gasteiger partial charge in [-0.2, -0.15) is 0 Å². The average Bonchev–Trinajstić information content (AvgIpc) is 3.76. The van der Waals surface area contributed by atoms with Crippen LogP contribution in [0.3, 0.4) is 0 Å². The van der Waals surface area contributed by atoms with Crippen LogP contribution in [-0.2, 0) is 52.8 Å². The van der Waals surface area contributed by atoms with E-state index in [0.717, 1.165) is 43.6 Å². The number of para-hydroxylation sites is 1. The molecule has 4 aromatic rings. The Balaban J connectivity index is 1.56. The highest BCUT2D eigenvalue weighted by Crippen LogP contribution is 2.29. The third kappa shape index (κ3) is 17.3. The summed E-state index contributed by atoms with van der Waals surface area (Å²) >= 11 is 0. The van der Waals surface area contributed by atoms with E-state index in [-0.39, 0.29) is 50.2 Å². The van der Waals surface area contributed by atoms with Gasteiger partial charge in [-0.05, 0) is 75.3 Å². The molecule has 20 heteroatoms. The van der Waals surface area contributed by atoms with Crippen LogP contribution in [0.1, 0.15) is 62.6 Å². The lowest BCUT2D eigenvalue weighted by Gasteiger charge is -2.28. The van der Waals surface area contributed by atoms with Crippen LogP contribution in [-0.4, -0.2) is 135 Å². The van der Waals surface area contributed by atoms with Crippen molar-refractivity contribution in [1.29, 1.82) is 0 Å². The third-order valence-corrected chi connectivity index (χ3v) is 14.9. The summed E-state index contributed by atoms with van der Waals surface area (Å²) in [7, 11) is 2.23. The number of carbonyl (C=O) groups excluding carboxylic acids is 7. The van der Waals surface area contributed by atoms with Gasteiger partial charge in [-0.25, -0.2) is 0 Å². The molecule has 0 spiro atoms. The standard InChI is InChI=1S/C51H68N8O10S2/c1-30(61)42(27-60)57-48(66)36-25-45(64)46(31(2)62)59-50(68)40(19-11-12-20-52)55-51(69)41(23-35-26-54-39-18-10-9-17-37(35)39)56-47(65)34(21-32-13-5-3-6-14-32)24-44(63)43(29-71-70-28-36)58-49(67)38(53)22-33-15-7-4-8-16-33/h3-10,13-18,26,30-31,34,36,38,40-43,46,54,60-62H,11-12,19-25,27-29,52-53H2,1-2H3,(H,55,69)(H,56,65)(H,57,66)(H,58,67)(H,59,68)/t30?,31-,34-,36+,38-,40+,41-,42?,43+,46+/m1/s1. The molecular weight excluding hydrogens is 949 g/mol. The van der Waals surface area contributed by atoms with Crippen LogP contribution in [0.15, 0.2) is 91.1 Å². The van der Waals surface area contributed by atoms with Gasteiger partial charge in [0, 0.05) is 53.8 Å². The first-order chi connectivity index (χ1) is 34.1. The number of fused-ring (bicyclic) bond motifs is 1. The number of Topliss-reactive ketones (excluding diaryl/α,β-unsaturated/α-hetero) is 2. The second kappa shape index (κ2) is 28.4. The number of carbonyl (C=O) groups is 7. The Hall–Kier alpha value is -5.61. The number of benzene rings is 3. The first-order valence-electron chi connectivity index (χ1n) is 24.0. The molecule has 1 aromatic heterocycles. The molecule has 0 saturated carbocycles. The van der Waals surface area contributed by atoms with Crippen molar-refractivity contribution in [3.63, 3.8) is 0 Å². The van der Waals surface area contributed by atoms with Gasteiger partial charge in [0.1, 0.15) is 18.1 Å². The maximum Gasteiger partial charge on any atom is 0.243 e. The van der Waals surface area contributed by atoms with Crippen molar-refractivity contribution >= 4 is 73.6 Å². The molecule has 1 aliphatic rings. The topological polar surface area (TPSA) is 308 Å². The minimum Gasteiger partial charge on any atom is -0.394 e. The van der Waals surface area contributed by atoms with Crippen molar-refractivity contribution in [1.82, 2.24) is 31.6 Å². The molecule has 10 atom stereocenters. The van der Waals surface area contributed by atoms with Crippen molar-refractivity contribution in [2.45, 2.75) is 114 Å². The molecular formula is C51H68N8O10S2. The van der Waals surface area contributed by atoms with Crippen LogP contribution >= 0.6 is 21.6 Å². The number of aromatic amines is 1. The molecule has 3 aromatic carbocycles. The highest BCUT2D eigenvalue weighted by molar-refractivity contribution is 8.76. The van der Waals surface area contributed by atoms with Crippen molar-refractivity contribution < 1.29 is 48.9 Å². The predicted octanol–water partition coefficient (Wildman–Crippen LogP) is 1.38. The van der Waals surface area contributed by atoms with Crippen molar-refractivity contribution in [2.24, 2.45) is 23.3 Å². The lowest BCUT2D eigenvalue weighted by molar-refractivity contribution is -0.136. The Morgan fingerprint density at radius 3 is 2.06 bits per heavy atom. The monoisotopic (exact) mass is 1020 g/mol. The van der Waals surface area contributed by atoms with Gasteiger partial charge in [-0.1, -0.05) is 100 Å². The van der Waals surface area contributed by atoms with E-state index in [1.165, 1.54) is 13.8 Å². The number of amides is 5. The van der Waals surface area contributed by atoms with E-state index in [0.29, 0.717) is 18.4 Å². The first kappa shape index (κ1) is 56.3. The number of ketones is 2. The van der Waals surface area contributed by atoms with Gasteiger partial charge < -0.3 is 58.4 Å². The Labute approximate surface area is 421 Å². The largest absolute Gasteiger partial charge is 0.394 e. The number of hydrogen-bond acceptors (Lipinski definition) is 14. The van der Waals surface area contributed by atoms with E-state index in [1.54, 1.807) is 18.3 Å². The maximum absolute atomic E-state index is 14.8. The molecule has 5 amide bonds. The smallest absolute Gasteiger partial charge is 0.243 e. The molecule has 1 aliphatic heterocycles. The molecule has 2 heterocycles. The van der Waals surface area contributed by atoms with E-state index in [2.05, 4.69) is 31.6 Å². The normalized spacial score (nSPS) is 23.1. The molecule has 1 saturated heterocycles. The van der Waals surface area contributed by atoms with E-state index < -0.39 is 114 Å². The summed E-state index contributed by atoms with van der Waals surface area (Å²) in [5.41, 5.74) is 15.2. The summed E-state index contributed by atoms with van der Waals surface area (Å²) in [6.45, 7) is 2.35. The fraction of sp³-hybridized carbons (Fsp3) is 0.471. The quantitative estimate of drug-likeness (QED) is 0.0526. The predicted molar refractivity (Wildman–Crippen MR) is 274 cm³/mol. The first-order valence-corrected chi connectivity index (χ1v) is 26.4. The Kier molecular flexibility index (Phi) is 22.6. The summed E-state index contributed by atoms with van der Waals surface area (Å²) in [5, 5.41) is 45.6. The summed E-state index contributed by atoms with van der Waals surface area (Å²) in [6.07, 6.45) is -0.650. The minimum absolute atomic E-state index is 0.0407. The van der Waals surface area contributed by atoms with Gasteiger partial charge in [-0.3, -0.25) is 33.6 Å². The molecule has 71 heavy (non-hydrogen) atoms. The van der Waals surface area contributed by atoms with Crippen LogP contribution in [0.25, 0.3) is 10.9 Å². The fourth-order valence-corrected chi connectivity index (χ4v) is 10.7. The van der Waals surface area contributed by atoms with E-state index in [1.807, 2.05) is 72.8 Å². The molecule has 384 valence electrons. The van der Waals surface area contributed by atoms with E-state index in [4.69, 9.17) is 11.5 Å². The zero-order valence-electron chi connectivity index (χ0n) is 40.1. The zero-order valence-corrected chi connectivity index (χ0v) is 41.7. The average molecular weight is 1020 g/mol. The maximum atomic E-state index is 14.8. The van der Waals surface area contributed by atoms with Gasteiger partial charge in [0.25, 0.3) is 0 Å². The molecule has 18 nitrogen and oxygen atoms in total. The van der Waals surface area contributed by atoms with Gasteiger partial charge in [0.15, 0.2) is 11.6 Å². The number of nitrogens with two attached hydrogens (primary N) is 2. The molecule has 0 radical (unpaired) electrons. The molecule has 0 bridgehead atoms. The van der Waals surface area contributed by atoms with Crippen LogP contribution < -0.4 is 38.1 Å². The van der Waals surface area contributed by atoms with Crippen molar-refractivity contribution in [3.05, 3.63) is 108 Å². The number of aliphatic hydroxyl groups is 3. The molecule has 5 rings (SSSR count). The number of H-pyrrole nitrogens is 1. The molecule has 0 aliphatic carbocycles. The highest BCUT2D eigenvalue weighted by atomic mass is 33.1. The zero-order chi connectivity index (χ0) is 51.5. The summed E-state index contributed by atoms with van der Waals surface area (Å²) < 4.78 is 0. The fourth-order valence-electron chi connectivity index (χ4n) is 8.24. The number of aliphatic hydroxyl groups excluding tert-OH is 3. The highest BCUT2D eigenvalue weighted by Gasteiger charge is 2.37. The summed E-state index contributed by atoms with van der Waals surface area (Å²) in [6, 6.07) is 18.1. The Morgan fingerprint density at radius 2 is 1.39 bits per heavy atom. The van der Waals surface area contributed by atoms with Crippen LogP contribution in [0.4, 0.5) is 0 Å². The number of unbranched alkanes of at least 4 members (excludes halogenated alkanes) is 1. The number of aromatic nitrogens is 1. The number of rotatable bonds is 17. The van der Waals surface area contributed by atoms with Gasteiger partial charge >= 0.3 is 0 Å². The van der Waals surface area contributed by atoms with Crippen LogP contribution in [0.2, 0.25) is 0 Å². The molecule has 1 fully saturated rings. The van der Waals surface area contributed by atoms with Crippen molar-refractivity contribution in [3.8, 4) is 0 Å². The van der Waals surface area contributed by atoms with Crippen LogP contribution in [0.5, 0.6) is 0 Å². The molecule has 13 N–H and O–H groups in total. The van der Waals surface area contributed by atoms with Crippen LogP contribution in [0, 0.1) is 11.8 Å². The summed E-state index contributed by atoms with van der Waals surface area (Å²) in [5.74, 6) is -7.08. The molecule has 2 unspecified atom stereocenters. The summed E-state index contributed by atoms with van der Waals surface area (Å²) in [4.78, 5) is 103. The Morgan fingerprint density at radius 1 is 0.761 bits per heavy atom. The van der Waals surface area contributed by atoms with E-state index >= 15 is 0 Å². The van der Waals surface area contributed by atoms with Crippen molar-refractivity contribution in [2.75, 3.05) is 24.7 Å². The SMILES string of the molecule is CC(O)C(CO)NC(=O)[C@@H]1CSSC[C@H](NC(=O)[C@H](N)Cc2ccccc2)C(=O)C[C@@H](Cc2ccccc2)C(=O)N[C@H](Cc2c[nH]c3ccccc23)C(=O)N[C@@H](CCCCN)C(=O)N[C@@H]([C@@H](C)O)C(=O)C1. The van der Waals surface area contributed by atoms with Gasteiger partial charge in [0.05, 0.1) is 42.9 Å². The van der Waals surface area contributed by atoms with Gasteiger partial charge in [0.2, 0.25) is 29.5 Å².